The van der Waals surface area contributed by atoms with Gasteiger partial charge in [-0.1, -0.05) is 11.3 Å². The molecule has 11 heteroatoms. The van der Waals surface area contributed by atoms with Crippen LogP contribution in [0.2, 0.25) is 0 Å². The third-order valence-corrected chi connectivity index (χ3v) is 6.23. The highest BCUT2D eigenvalue weighted by atomic mass is 32.1. The van der Waals surface area contributed by atoms with Gasteiger partial charge in [0, 0.05) is 12.3 Å². The number of anilines is 1. The van der Waals surface area contributed by atoms with Gasteiger partial charge in [-0.15, -0.1) is 11.3 Å². The molecule has 2 aromatic rings. The number of morpholine rings is 1. The van der Waals surface area contributed by atoms with Crippen LogP contribution in [0.5, 0.6) is 0 Å². The Labute approximate surface area is 163 Å². The maximum absolute atomic E-state index is 12.8. The fourth-order valence-electron chi connectivity index (χ4n) is 3.09. The maximum Gasteiger partial charge on any atom is 0.283 e. The number of thiazole rings is 2. The fraction of sp³-hybridized carbons (Fsp3) is 0.500. The van der Waals surface area contributed by atoms with Crippen molar-refractivity contribution in [2.24, 2.45) is 0 Å². The summed E-state index contributed by atoms with van der Waals surface area (Å²) >= 11 is 2.59. The summed E-state index contributed by atoms with van der Waals surface area (Å²) in [7, 11) is 0. The van der Waals surface area contributed by atoms with Crippen molar-refractivity contribution in [3.05, 3.63) is 16.1 Å². The van der Waals surface area contributed by atoms with E-state index in [0.29, 0.717) is 28.9 Å². The molecule has 0 saturated carbocycles. The number of rotatable bonds is 4. The molecule has 27 heavy (non-hydrogen) atoms. The van der Waals surface area contributed by atoms with Crippen LogP contribution in [0.1, 0.15) is 22.4 Å². The summed E-state index contributed by atoms with van der Waals surface area (Å²) in [6.45, 7) is 3.81. The first-order valence-electron chi connectivity index (χ1n) is 8.36. The van der Waals surface area contributed by atoms with Crippen LogP contribution >= 0.6 is 22.7 Å². The molecule has 2 fully saturated rings. The van der Waals surface area contributed by atoms with Crippen LogP contribution in [-0.2, 0) is 14.3 Å². The molecular formula is C16H18N4O5S2. The molecule has 0 radical (unpaired) electrons. The summed E-state index contributed by atoms with van der Waals surface area (Å²) < 4.78 is 11.2. The molecule has 2 aliphatic heterocycles. The van der Waals surface area contributed by atoms with E-state index in [1.807, 2.05) is 12.3 Å². The molecule has 4 heterocycles. The van der Waals surface area contributed by atoms with E-state index in [1.165, 1.54) is 29.6 Å². The van der Waals surface area contributed by atoms with Gasteiger partial charge in [-0.3, -0.25) is 9.59 Å². The van der Waals surface area contributed by atoms with Crippen LogP contribution in [-0.4, -0.2) is 70.0 Å². The molecule has 0 aromatic carbocycles. The minimum atomic E-state index is -0.506. The van der Waals surface area contributed by atoms with E-state index in [2.05, 4.69) is 15.3 Å². The number of aryl methyl sites for hydroxylation is 1. The minimum Gasteiger partial charge on any atom is -0.394 e. The first-order chi connectivity index (χ1) is 12.9. The van der Waals surface area contributed by atoms with Crippen molar-refractivity contribution in [2.45, 2.75) is 32.3 Å². The Morgan fingerprint density at radius 1 is 1.37 bits per heavy atom. The van der Waals surface area contributed by atoms with Crippen molar-refractivity contribution < 1.29 is 24.2 Å². The molecule has 2 aliphatic rings. The molecule has 4 rings (SSSR count). The van der Waals surface area contributed by atoms with Gasteiger partial charge in [0.25, 0.3) is 5.91 Å². The summed E-state index contributed by atoms with van der Waals surface area (Å²) in [5.74, 6) is -0.370. The highest BCUT2D eigenvalue weighted by Gasteiger charge is 2.43. The number of carbonyl (C=O) groups is 2. The van der Waals surface area contributed by atoms with Gasteiger partial charge in [0.2, 0.25) is 5.91 Å². The van der Waals surface area contributed by atoms with Crippen LogP contribution in [0.15, 0.2) is 5.38 Å². The zero-order chi connectivity index (χ0) is 19.1. The number of aromatic nitrogens is 2. The number of ether oxygens (including phenoxy) is 2. The van der Waals surface area contributed by atoms with Gasteiger partial charge in [0.15, 0.2) is 16.4 Å². The second kappa shape index (κ2) is 7.24. The highest BCUT2D eigenvalue weighted by Crippen LogP contribution is 2.34. The number of nitrogens with one attached hydrogen (secondary N) is 1. The Hall–Kier alpha value is -1.92. The van der Waals surface area contributed by atoms with Gasteiger partial charge in [0.05, 0.1) is 36.0 Å². The summed E-state index contributed by atoms with van der Waals surface area (Å²) in [5.41, 5.74) is 1.41. The lowest BCUT2D eigenvalue weighted by Gasteiger charge is -2.30. The average Bonchev–Trinajstić information content (AvgIpc) is 3.31. The number of fused-ring (bicyclic) bond motifs is 2. The standard InChI is InChI=1S/C16H18N4O5S2/c1-7-13(27-16(17-7)18-8(2)22)9-6-26-14(19-9)15(23)20-3-10-11(5-21)25-12(4-20)24-10/h6,10-12,21H,3-5H2,1-2H3,(H,17,18,22)/t10-,11-,12-/m1/s1. The van der Waals surface area contributed by atoms with Crippen molar-refractivity contribution in [2.75, 3.05) is 25.0 Å². The Balaban J connectivity index is 1.50. The predicted octanol–water partition coefficient (Wildman–Crippen LogP) is 1.09. The molecule has 9 nitrogen and oxygen atoms in total. The number of hydrogen-bond acceptors (Lipinski definition) is 9. The van der Waals surface area contributed by atoms with Crippen molar-refractivity contribution in [1.82, 2.24) is 14.9 Å². The molecule has 0 unspecified atom stereocenters. The van der Waals surface area contributed by atoms with Crippen LogP contribution in [0.25, 0.3) is 10.6 Å². The third-order valence-electron chi connectivity index (χ3n) is 4.30. The molecular weight excluding hydrogens is 392 g/mol. The zero-order valence-electron chi connectivity index (χ0n) is 14.7. The molecule has 2 N–H and O–H groups in total. The van der Waals surface area contributed by atoms with E-state index in [4.69, 9.17) is 9.47 Å². The van der Waals surface area contributed by atoms with E-state index < -0.39 is 12.4 Å². The van der Waals surface area contributed by atoms with Gasteiger partial charge >= 0.3 is 0 Å². The van der Waals surface area contributed by atoms with E-state index in [9.17, 15) is 14.7 Å². The van der Waals surface area contributed by atoms with Crippen LogP contribution in [0, 0.1) is 6.92 Å². The molecule has 2 saturated heterocycles. The van der Waals surface area contributed by atoms with Crippen LogP contribution in [0.4, 0.5) is 5.13 Å². The van der Waals surface area contributed by atoms with Crippen LogP contribution < -0.4 is 5.32 Å². The lowest BCUT2D eigenvalue weighted by molar-refractivity contribution is -0.114. The van der Waals surface area contributed by atoms with Crippen LogP contribution in [0.3, 0.4) is 0 Å². The topological polar surface area (TPSA) is 114 Å². The second-order valence-corrected chi connectivity index (χ2v) is 8.18. The van der Waals surface area contributed by atoms with Crippen molar-refractivity contribution in [3.8, 4) is 10.6 Å². The normalized spacial score (nSPS) is 24.3. The van der Waals surface area contributed by atoms with E-state index in [0.717, 1.165) is 10.6 Å². The second-order valence-electron chi connectivity index (χ2n) is 6.32. The number of hydrogen-bond donors (Lipinski definition) is 2. The highest BCUT2D eigenvalue weighted by molar-refractivity contribution is 7.19. The van der Waals surface area contributed by atoms with Crippen molar-refractivity contribution in [3.63, 3.8) is 0 Å². The molecule has 2 amide bonds. The van der Waals surface area contributed by atoms with E-state index in [-0.39, 0.29) is 24.5 Å². The smallest absolute Gasteiger partial charge is 0.283 e. The number of aliphatic hydroxyl groups excluding tert-OH is 1. The van der Waals surface area contributed by atoms with Gasteiger partial charge in [0.1, 0.15) is 12.2 Å². The summed E-state index contributed by atoms with van der Waals surface area (Å²) in [6.07, 6.45) is -1.22. The molecule has 144 valence electrons. The monoisotopic (exact) mass is 410 g/mol. The van der Waals surface area contributed by atoms with E-state index >= 15 is 0 Å². The first-order valence-corrected chi connectivity index (χ1v) is 10.1. The Bertz CT molecular complexity index is 882. The van der Waals surface area contributed by atoms with Gasteiger partial charge in [-0.2, -0.15) is 0 Å². The van der Waals surface area contributed by atoms with Gasteiger partial charge in [-0.25, -0.2) is 9.97 Å². The lowest BCUT2D eigenvalue weighted by Crippen LogP contribution is -2.47. The number of aliphatic hydroxyl groups is 1. The number of amides is 2. The average molecular weight is 410 g/mol. The van der Waals surface area contributed by atoms with Gasteiger partial charge in [-0.05, 0) is 6.92 Å². The predicted molar refractivity (Wildman–Crippen MR) is 98.8 cm³/mol. The summed E-state index contributed by atoms with van der Waals surface area (Å²) in [5, 5.41) is 14.7. The molecule has 0 spiro atoms. The first kappa shape index (κ1) is 18.4. The largest absolute Gasteiger partial charge is 0.394 e. The van der Waals surface area contributed by atoms with Crippen molar-refractivity contribution in [1.29, 1.82) is 0 Å². The lowest BCUT2D eigenvalue weighted by atomic mass is 10.2. The SMILES string of the molecule is CC(=O)Nc1nc(C)c(-c2csc(C(=O)N3C[C@H]4O[C@H](CO)[C@@H](C3)O4)n2)s1. The number of carbonyl (C=O) groups excluding carboxylic acids is 2. The summed E-state index contributed by atoms with van der Waals surface area (Å²) in [4.78, 5) is 35.3. The quantitative estimate of drug-likeness (QED) is 0.776. The van der Waals surface area contributed by atoms with Crippen molar-refractivity contribution >= 4 is 39.6 Å². The van der Waals surface area contributed by atoms with Gasteiger partial charge < -0.3 is 24.8 Å². The Morgan fingerprint density at radius 2 is 2.19 bits per heavy atom. The zero-order valence-corrected chi connectivity index (χ0v) is 16.3. The van der Waals surface area contributed by atoms with E-state index in [1.54, 1.807) is 4.90 Å². The fourth-order valence-corrected chi connectivity index (χ4v) is 4.91. The Kier molecular flexibility index (Phi) is 4.95. The maximum atomic E-state index is 12.8. The molecule has 3 atom stereocenters. The minimum absolute atomic E-state index is 0.133. The number of nitrogens with zero attached hydrogens (tertiary/aromatic N) is 3. The molecule has 2 bridgehead atoms. The third kappa shape index (κ3) is 3.60. The molecule has 0 aliphatic carbocycles. The molecule has 2 aromatic heterocycles. The Morgan fingerprint density at radius 3 is 2.93 bits per heavy atom. The summed E-state index contributed by atoms with van der Waals surface area (Å²) in [6, 6.07) is 0.